The second-order valence-electron chi connectivity index (χ2n) is 4.19. The zero-order valence-corrected chi connectivity index (χ0v) is 8.25. The van der Waals surface area contributed by atoms with E-state index in [1.165, 1.54) is 19.3 Å². The van der Waals surface area contributed by atoms with E-state index in [1.54, 1.807) is 0 Å². The lowest BCUT2D eigenvalue weighted by Crippen LogP contribution is -2.34. The quantitative estimate of drug-likeness (QED) is 0.701. The zero-order chi connectivity index (χ0) is 8.97. The fourth-order valence-electron chi connectivity index (χ4n) is 1.65. The summed E-state index contributed by atoms with van der Waals surface area (Å²) in [6.45, 7) is 5.39. The molecule has 0 aromatic heterocycles. The first-order valence-corrected chi connectivity index (χ1v) is 5.07. The molecule has 1 rings (SSSR count). The second-order valence-corrected chi connectivity index (χ2v) is 4.19. The van der Waals surface area contributed by atoms with Crippen LogP contribution in [-0.2, 0) is 4.74 Å². The molecule has 72 valence electrons. The lowest BCUT2D eigenvalue weighted by Gasteiger charge is -2.19. The van der Waals surface area contributed by atoms with Crippen molar-refractivity contribution in [2.75, 3.05) is 6.61 Å². The van der Waals surface area contributed by atoms with Gasteiger partial charge >= 0.3 is 0 Å². The first-order chi connectivity index (χ1) is 5.70. The minimum atomic E-state index is 0.273. The average molecular weight is 171 g/mol. The van der Waals surface area contributed by atoms with Crippen LogP contribution in [0.1, 0.15) is 39.5 Å². The maximum atomic E-state index is 6.00. The summed E-state index contributed by atoms with van der Waals surface area (Å²) < 4.78 is 5.52. The normalized spacial score (nSPS) is 26.5. The molecule has 0 aromatic rings. The van der Waals surface area contributed by atoms with Crippen LogP contribution >= 0.6 is 0 Å². The Morgan fingerprint density at radius 1 is 1.42 bits per heavy atom. The highest BCUT2D eigenvalue weighted by atomic mass is 16.5. The Balaban J connectivity index is 2.13. The summed E-state index contributed by atoms with van der Waals surface area (Å²) in [5.74, 6) is 0.762. The molecule has 1 saturated heterocycles. The molecule has 0 aliphatic carbocycles. The van der Waals surface area contributed by atoms with Gasteiger partial charge in [-0.25, -0.2) is 0 Å². The van der Waals surface area contributed by atoms with E-state index in [0.29, 0.717) is 6.10 Å². The SMILES string of the molecule is CC(C)CCC(N)C1CCCO1. The van der Waals surface area contributed by atoms with Gasteiger partial charge in [-0.15, -0.1) is 0 Å². The first kappa shape index (κ1) is 10.0. The molecule has 2 atom stereocenters. The third-order valence-corrected chi connectivity index (χ3v) is 2.52. The summed E-state index contributed by atoms with van der Waals surface area (Å²) in [5.41, 5.74) is 6.00. The maximum absolute atomic E-state index is 6.00. The predicted octanol–water partition coefficient (Wildman–Crippen LogP) is 1.93. The minimum Gasteiger partial charge on any atom is -0.377 e. The van der Waals surface area contributed by atoms with Gasteiger partial charge in [0.1, 0.15) is 0 Å². The second kappa shape index (κ2) is 4.83. The Morgan fingerprint density at radius 2 is 2.17 bits per heavy atom. The van der Waals surface area contributed by atoms with Gasteiger partial charge in [0.05, 0.1) is 6.10 Å². The Morgan fingerprint density at radius 3 is 2.67 bits per heavy atom. The van der Waals surface area contributed by atoms with Crippen molar-refractivity contribution >= 4 is 0 Å². The number of nitrogens with two attached hydrogens (primary N) is 1. The lowest BCUT2D eigenvalue weighted by atomic mass is 9.99. The topological polar surface area (TPSA) is 35.2 Å². The van der Waals surface area contributed by atoms with E-state index in [0.717, 1.165) is 18.9 Å². The molecule has 12 heavy (non-hydrogen) atoms. The van der Waals surface area contributed by atoms with Crippen LogP contribution in [0.15, 0.2) is 0 Å². The Hall–Kier alpha value is -0.0800. The Labute approximate surface area is 75.5 Å². The van der Waals surface area contributed by atoms with E-state index in [-0.39, 0.29) is 6.04 Å². The van der Waals surface area contributed by atoms with Gasteiger partial charge in [-0.1, -0.05) is 13.8 Å². The van der Waals surface area contributed by atoms with E-state index in [4.69, 9.17) is 10.5 Å². The number of rotatable bonds is 4. The van der Waals surface area contributed by atoms with E-state index < -0.39 is 0 Å². The van der Waals surface area contributed by atoms with Crippen LogP contribution in [-0.4, -0.2) is 18.8 Å². The van der Waals surface area contributed by atoms with Gasteiger partial charge in [-0.05, 0) is 31.6 Å². The monoisotopic (exact) mass is 171 g/mol. The molecule has 1 fully saturated rings. The standard InChI is InChI=1S/C10H21NO/c1-8(2)5-6-9(11)10-4-3-7-12-10/h8-10H,3-7,11H2,1-2H3. The molecule has 1 aliphatic rings. The van der Waals surface area contributed by atoms with Crippen molar-refractivity contribution in [1.82, 2.24) is 0 Å². The highest BCUT2D eigenvalue weighted by Gasteiger charge is 2.22. The molecule has 2 unspecified atom stereocenters. The fraction of sp³-hybridized carbons (Fsp3) is 1.00. The van der Waals surface area contributed by atoms with Crippen molar-refractivity contribution in [2.45, 2.75) is 51.7 Å². The van der Waals surface area contributed by atoms with Crippen LogP contribution in [0.5, 0.6) is 0 Å². The summed E-state index contributed by atoms with van der Waals surface area (Å²) >= 11 is 0. The van der Waals surface area contributed by atoms with Gasteiger partial charge in [0.15, 0.2) is 0 Å². The molecule has 0 radical (unpaired) electrons. The predicted molar refractivity (Wildman–Crippen MR) is 51.0 cm³/mol. The Bertz CT molecular complexity index is 119. The minimum absolute atomic E-state index is 0.273. The number of hydrogen-bond acceptors (Lipinski definition) is 2. The smallest absolute Gasteiger partial charge is 0.0726 e. The maximum Gasteiger partial charge on any atom is 0.0726 e. The van der Waals surface area contributed by atoms with E-state index in [9.17, 15) is 0 Å². The molecule has 0 saturated carbocycles. The van der Waals surface area contributed by atoms with E-state index >= 15 is 0 Å². The van der Waals surface area contributed by atoms with Crippen molar-refractivity contribution in [1.29, 1.82) is 0 Å². The molecule has 0 aromatic carbocycles. The van der Waals surface area contributed by atoms with Crippen molar-refractivity contribution in [3.63, 3.8) is 0 Å². The Kier molecular flexibility index (Phi) is 4.02. The van der Waals surface area contributed by atoms with E-state index in [2.05, 4.69) is 13.8 Å². The molecule has 0 spiro atoms. The summed E-state index contributed by atoms with van der Waals surface area (Å²) in [4.78, 5) is 0. The third-order valence-electron chi connectivity index (χ3n) is 2.52. The van der Waals surface area contributed by atoms with Gasteiger partial charge < -0.3 is 10.5 Å². The van der Waals surface area contributed by atoms with Crippen molar-refractivity contribution < 1.29 is 4.74 Å². The van der Waals surface area contributed by atoms with Crippen LogP contribution < -0.4 is 5.73 Å². The molecular formula is C10H21NO. The van der Waals surface area contributed by atoms with Crippen LogP contribution in [0, 0.1) is 5.92 Å². The van der Waals surface area contributed by atoms with Crippen molar-refractivity contribution in [3.8, 4) is 0 Å². The molecular weight excluding hydrogens is 150 g/mol. The van der Waals surface area contributed by atoms with Gasteiger partial charge in [0, 0.05) is 12.6 Å². The summed E-state index contributed by atoms with van der Waals surface area (Å²) in [5, 5.41) is 0. The molecule has 0 bridgehead atoms. The molecule has 2 heteroatoms. The van der Waals surface area contributed by atoms with Crippen LogP contribution in [0.25, 0.3) is 0 Å². The highest BCUT2D eigenvalue weighted by Crippen LogP contribution is 2.18. The average Bonchev–Trinajstić information content (AvgIpc) is 2.51. The van der Waals surface area contributed by atoms with Gasteiger partial charge in [-0.2, -0.15) is 0 Å². The van der Waals surface area contributed by atoms with E-state index in [1.807, 2.05) is 0 Å². The van der Waals surface area contributed by atoms with Gasteiger partial charge in [-0.3, -0.25) is 0 Å². The third kappa shape index (κ3) is 3.11. The fourth-order valence-corrected chi connectivity index (χ4v) is 1.65. The van der Waals surface area contributed by atoms with Crippen LogP contribution in [0.2, 0.25) is 0 Å². The van der Waals surface area contributed by atoms with Crippen molar-refractivity contribution in [2.24, 2.45) is 11.7 Å². The van der Waals surface area contributed by atoms with Crippen LogP contribution in [0.3, 0.4) is 0 Å². The first-order valence-electron chi connectivity index (χ1n) is 5.07. The summed E-state index contributed by atoms with van der Waals surface area (Å²) in [6, 6.07) is 0.273. The number of ether oxygens (including phenoxy) is 1. The molecule has 1 heterocycles. The molecule has 1 aliphatic heterocycles. The lowest BCUT2D eigenvalue weighted by molar-refractivity contribution is 0.0860. The molecule has 2 N–H and O–H groups in total. The van der Waals surface area contributed by atoms with Crippen molar-refractivity contribution in [3.05, 3.63) is 0 Å². The van der Waals surface area contributed by atoms with Gasteiger partial charge in [0.2, 0.25) is 0 Å². The van der Waals surface area contributed by atoms with Crippen LogP contribution in [0.4, 0.5) is 0 Å². The number of hydrogen-bond donors (Lipinski definition) is 1. The zero-order valence-electron chi connectivity index (χ0n) is 8.25. The molecule has 2 nitrogen and oxygen atoms in total. The highest BCUT2D eigenvalue weighted by molar-refractivity contribution is 4.77. The van der Waals surface area contributed by atoms with Gasteiger partial charge in [0.25, 0.3) is 0 Å². The summed E-state index contributed by atoms with van der Waals surface area (Å²) in [6.07, 6.45) is 5.05. The largest absolute Gasteiger partial charge is 0.377 e. The summed E-state index contributed by atoms with van der Waals surface area (Å²) in [7, 11) is 0. The molecule has 0 amide bonds.